The zero-order chi connectivity index (χ0) is 22.7. The van der Waals surface area contributed by atoms with Gasteiger partial charge in [-0.2, -0.15) is 22.0 Å². The Hall–Kier alpha value is -2.78. The van der Waals surface area contributed by atoms with Crippen LogP contribution in [0, 0.1) is 0 Å². The van der Waals surface area contributed by atoms with E-state index in [0.29, 0.717) is 11.3 Å². The molecule has 10 heteroatoms. The lowest BCUT2D eigenvalue weighted by molar-refractivity contribution is -0.136. The Kier molecular flexibility index (Phi) is 4.94. The number of hydrogen-bond acceptors (Lipinski definition) is 4. The van der Waals surface area contributed by atoms with Crippen LogP contribution in [0.25, 0.3) is 11.1 Å². The molecular formula is C21H12F5IN2O2. The molecule has 0 aromatic heterocycles. The number of fused-ring (bicyclic) bond motifs is 1. The summed E-state index contributed by atoms with van der Waals surface area (Å²) in [6.07, 6.45) is -6.83. The molecular weight excluding hydrogens is 534 g/mol. The fourth-order valence-corrected chi connectivity index (χ4v) is 4.01. The second-order valence-corrected chi connectivity index (χ2v) is 7.94. The minimum atomic E-state index is -4.77. The monoisotopic (exact) mass is 546 g/mol. The summed E-state index contributed by atoms with van der Waals surface area (Å²) < 4.78 is 73.7. The molecule has 0 bridgehead atoms. The molecule has 1 fully saturated rings. The highest BCUT2D eigenvalue weighted by Gasteiger charge is 2.59. The summed E-state index contributed by atoms with van der Waals surface area (Å²) in [6, 6.07) is 8.32. The van der Waals surface area contributed by atoms with Crippen LogP contribution in [0.1, 0.15) is 5.56 Å². The van der Waals surface area contributed by atoms with Crippen LogP contribution < -0.4 is 16.2 Å². The van der Waals surface area contributed by atoms with Gasteiger partial charge in [-0.25, -0.2) is 0 Å². The van der Waals surface area contributed by atoms with Crippen molar-refractivity contribution in [2.45, 2.75) is 18.2 Å². The van der Waals surface area contributed by atoms with Crippen LogP contribution in [0.5, 0.6) is 5.75 Å². The summed E-state index contributed by atoms with van der Waals surface area (Å²) >= 11 is 1.65. The van der Waals surface area contributed by atoms with E-state index in [1.54, 1.807) is 22.6 Å². The van der Waals surface area contributed by atoms with Gasteiger partial charge in [-0.1, -0.05) is 17.9 Å². The van der Waals surface area contributed by atoms with Crippen LogP contribution in [0.2, 0.25) is 0 Å². The van der Waals surface area contributed by atoms with Gasteiger partial charge >= 0.3 is 12.1 Å². The third-order valence-corrected chi connectivity index (χ3v) is 5.93. The largest absolute Gasteiger partial charge is 0.445 e. The summed E-state index contributed by atoms with van der Waals surface area (Å²) in [6.45, 7) is 0. The van der Waals surface area contributed by atoms with Gasteiger partial charge in [-0.05, 0) is 63.7 Å². The number of halogens is 6. The molecule has 0 aliphatic heterocycles. The van der Waals surface area contributed by atoms with Crippen molar-refractivity contribution < 1.29 is 31.8 Å². The SMILES string of the molecule is Nc1ccc(-c2cc(OC3=C=C=C4C(=C3I)C(O)C4(F)F)c(N)c(C(F)(F)F)c2)cc1. The first-order valence-corrected chi connectivity index (χ1v) is 9.76. The number of nitrogens with two attached hydrogens (primary N) is 2. The molecule has 2 aliphatic carbocycles. The highest BCUT2D eigenvalue weighted by Crippen LogP contribution is 2.52. The van der Waals surface area contributed by atoms with Crippen molar-refractivity contribution in [1.82, 2.24) is 0 Å². The summed E-state index contributed by atoms with van der Waals surface area (Å²) in [5.74, 6) is -3.99. The smallest absolute Gasteiger partial charge is 0.418 e. The molecule has 0 spiro atoms. The van der Waals surface area contributed by atoms with E-state index in [1.807, 2.05) is 0 Å². The molecule has 0 radical (unpaired) electrons. The maximum Gasteiger partial charge on any atom is 0.418 e. The second-order valence-electron chi connectivity index (χ2n) is 6.86. The molecule has 0 heterocycles. The van der Waals surface area contributed by atoms with Crippen molar-refractivity contribution in [2.24, 2.45) is 0 Å². The van der Waals surface area contributed by atoms with E-state index in [2.05, 4.69) is 11.5 Å². The first-order chi connectivity index (χ1) is 14.4. The standard InChI is InChI=1S/C21H12F5IN2O2/c22-20(23)12-5-6-14(17(27)16(12)19(20)30)31-15-8-10(9-1-3-11(28)4-2-9)7-13(18(15)29)21(24,25)26/h1-4,7-8,19,30H,28-29H2. The summed E-state index contributed by atoms with van der Waals surface area (Å²) in [7, 11) is 0. The Labute approximate surface area is 186 Å². The van der Waals surface area contributed by atoms with E-state index in [-0.39, 0.29) is 26.2 Å². The number of rotatable bonds is 3. The average Bonchev–Trinajstić information content (AvgIpc) is 2.70. The molecule has 160 valence electrons. The molecule has 5 N–H and O–H groups in total. The summed E-state index contributed by atoms with van der Waals surface area (Å²) in [5.41, 5.74) is 14.5. The maximum atomic E-state index is 13.7. The third kappa shape index (κ3) is 3.51. The van der Waals surface area contributed by atoms with E-state index in [4.69, 9.17) is 16.2 Å². The number of aliphatic hydroxyl groups is 1. The molecule has 0 saturated heterocycles. The maximum absolute atomic E-state index is 13.7. The lowest BCUT2D eigenvalue weighted by Gasteiger charge is -2.38. The molecule has 2 aromatic rings. The van der Waals surface area contributed by atoms with Gasteiger partial charge in [0.2, 0.25) is 0 Å². The number of alkyl halides is 5. The Morgan fingerprint density at radius 3 is 2.29 bits per heavy atom. The average molecular weight is 546 g/mol. The lowest BCUT2D eigenvalue weighted by atomic mass is 9.77. The van der Waals surface area contributed by atoms with Crippen LogP contribution in [0.4, 0.5) is 33.3 Å². The first-order valence-electron chi connectivity index (χ1n) is 8.68. The van der Waals surface area contributed by atoms with E-state index in [9.17, 15) is 27.1 Å². The van der Waals surface area contributed by atoms with E-state index >= 15 is 0 Å². The first kappa shape index (κ1) is 21.5. The van der Waals surface area contributed by atoms with Crippen LogP contribution in [-0.2, 0) is 6.18 Å². The second kappa shape index (κ2) is 7.13. The predicted octanol–water partition coefficient (Wildman–Crippen LogP) is 5.19. The number of hydrogen-bond donors (Lipinski definition) is 3. The Morgan fingerprint density at radius 1 is 1.03 bits per heavy atom. The van der Waals surface area contributed by atoms with Crippen LogP contribution in [0.3, 0.4) is 0 Å². The molecule has 2 aliphatic rings. The topological polar surface area (TPSA) is 81.5 Å². The number of aliphatic hydroxyl groups excluding tert-OH is 1. The van der Waals surface area contributed by atoms with Crippen LogP contribution >= 0.6 is 22.6 Å². The van der Waals surface area contributed by atoms with E-state index < -0.39 is 35.0 Å². The molecule has 2 aromatic carbocycles. The fourth-order valence-electron chi connectivity index (χ4n) is 3.20. The third-order valence-electron chi connectivity index (χ3n) is 4.86. The quantitative estimate of drug-likeness (QED) is 0.214. The van der Waals surface area contributed by atoms with Crippen LogP contribution in [0.15, 0.2) is 68.3 Å². The predicted molar refractivity (Wildman–Crippen MR) is 112 cm³/mol. The van der Waals surface area contributed by atoms with E-state index in [0.717, 1.165) is 6.07 Å². The minimum Gasteiger partial charge on any atom is -0.445 e. The molecule has 1 atom stereocenters. The molecule has 1 saturated carbocycles. The molecule has 0 amide bonds. The zero-order valence-electron chi connectivity index (χ0n) is 15.3. The fraction of sp³-hybridized carbons (Fsp3) is 0.143. The number of nitrogen functional groups attached to an aromatic ring is 2. The molecule has 31 heavy (non-hydrogen) atoms. The van der Waals surface area contributed by atoms with Crippen molar-refractivity contribution in [2.75, 3.05) is 11.5 Å². The Bertz CT molecular complexity index is 1240. The van der Waals surface area contributed by atoms with Gasteiger partial charge in [0.05, 0.1) is 20.4 Å². The van der Waals surface area contributed by atoms with Crippen molar-refractivity contribution in [3.8, 4) is 16.9 Å². The van der Waals surface area contributed by atoms with Gasteiger partial charge < -0.3 is 21.3 Å². The number of anilines is 2. The van der Waals surface area contributed by atoms with Crippen molar-refractivity contribution in [1.29, 1.82) is 0 Å². The minimum absolute atomic E-state index is 0.0793. The van der Waals surface area contributed by atoms with Crippen molar-refractivity contribution in [3.05, 3.63) is 73.9 Å². The summed E-state index contributed by atoms with van der Waals surface area (Å²) in [5, 5.41) is 9.69. The van der Waals surface area contributed by atoms with Crippen molar-refractivity contribution in [3.63, 3.8) is 0 Å². The van der Waals surface area contributed by atoms with Gasteiger partial charge in [-0.15, -0.1) is 0 Å². The van der Waals surface area contributed by atoms with Gasteiger partial charge in [-0.3, -0.25) is 0 Å². The molecule has 4 nitrogen and oxygen atoms in total. The molecule has 1 unspecified atom stereocenters. The highest BCUT2D eigenvalue weighted by molar-refractivity contribution is 14.1. The van der Waals surface area contributed by atoms with Gasteiger partial charge in [0.15, 0.2) is 11.5 Å². The number of benzene rings is 2. The highest BCUT2D eigenvalue weighted by atomic mass is 127. The van der Waals surface area contributed by atoms with Crippen LogP contribution in [-0.4, -0.2) is 17.1 Å². The normalized spacial score (nSPS) is 19.4. The van der Waals surface area contributed by atoms with Gasteiger partial charge in [0, 0.05) is 11.3 Å². The Morgan fingerprint density at radius 2 is 1.68 bits per heavy atom. The number of ether oxygens (including phenoxy) is 1. The van der Waals surface area contributed by atoms with Gasteiger partial charge in [0.1, 0.15) is 6.10 Å². The molecule has 4 rings (SSSR count). The van der Waals surface area contributed by atoms with Gasteiger partial charge in [0.25, 0.3) is 0 Å². The summed E-state index contributed by atoms with van der Waals surface area (Å²) in [4.78, 5) is 0. The lowest BCUT2D eigenvalue weighted by Crippen LogP contribution is -2.49. The zero-order valence-corrected chi connectivity index (χ0v) is 17.5. The Balaban J connectivity index is 1.84. The van der Waals surface area contributed by atoms with E-state index in [1.165, 1.54) is 30.3 Å². The number of allylic oxidation sites excluding steroid dienone is 1. The van der Waals surface area contributed by atoms with Crippen molar-refractivity contribution >= 4 is 34.0 Å².